The molecule has 0 spiro atoms. The molecule has 1 N–H and O–H groups in total. The number of hydrogen-bond donors (Lipinski definition) is 1. The van der Waals surface area contributed by atoms with Gasteiger partial charge in [0.25, 0.3) is 5.91 Å². The fraction of sp³-hybridized carbons (Fsp3) is 0.462. The van der Waals surface area contributed by atoms with Crippen molar-refractivity contribution in [2.75, 3.05) is 25.0 Å². The lowest BCUT2D eigenvalue weighted by molar-refractivity contribution is -0.140. The van der Waals surface area contributed by atoms with Crippen molar-refractivity contribution in [2.24, 2.45) is 5.92 Å². The van der Waals surface area contributed by atoms with E-state index in [-0.39, 0.29) is 23.6 Å². The van der Waals surface area contributed by atoms with Crippen molar-refractivity contribution in [3.05, 3.63) is 64.5 Å². The molecular weight excluding hydrogens is 443 g/mol. The SMILES string of the molecule is Cc1c(CN2CCN(C(=O)C3CCCC3)C(C)C2)cc(F)cc1NC(=O)c1c(F)cccc1F. The van der Waals surface area contributed by atoms with Crippen LogP contribution in [-0.4, -0.2) is 47.3 Å². The number of nitrogens with one attached hydrogen (secondary N) is 1. The van der Waals surface area contributed by atoms with Crippen molar-refractivity contribution in [1.82, 2.24) is 9.80 Å². The van der Waals surface area contributed by atoms with Gasteiger partial charge in [-0.3, -0.25) is 14.5 Å². The predicted octanol–water partition coefficient (Wildman–Crippen LogP) is 4.89. The molecule has 0 radical (unpaired) electrons. The van der Waals surface area contributed by atoms with Crippen molar-refractivity contribution < 1.29 is 22.8 Å². The van der Waals surface area contributed by atoms with E-state index < -0.39 is 28.9 Å². The zero-order chi connectivity index (χ0) is 24.4. The summed E-state index contributed by atoms with van der Waals surface area (Å²) in [5, 5.41) is 2.46. The Labute approximate surface area is 197 Å². The van der Waals surface area contributed by atoms with Gasteiger partial charge in [-0.15, -0.1) is 0 Å². The molecule has 1 atom stereocenters. The van der Waals surface area contributed by atoms with Gasteiger partial charge < -0.3 is 10.2 Å². The lowest BCUT2D eigenvalue weighted by Gasteiger charge is -2.41. The van der Waals surface area contributed by atoms with Crippen molar-refractivity contribution in [1.29, 1.82) is 0 Å². The van der Waals surface area contributed by atoms with Crippen molar-refractivity contribution in [3.8, 4) is 0 Å². The van der Waals surface area contributed by atoms with Crippen LogP contribution in [0.25, 0.3) is 0 Å². The third-order valence-corrected chi connectivity index (χ3v) is 7.01. The summed E-state index contributed by atoms with van der Waals surface area (Å²) in [5.41, 5.74) is 0.769. The third kappa shape index (κ3) is 5.12. The van der Waals surface area contributed by atoms with E-state index in [1.165, 1.54) is 12.1 Å². The first-order chi connectivity index (χ1) is 16.2. The molecule has 182 valence electrons. The second-order valence-corrected chi connectivity index (χ2v) is 9.39. The van der Waals surface area contributed by atoms with E-state index >= 15 is 0 Å². The average molecular weight is 474 g/mol. The van der Waals surface area contributed by atoms with E-state index in [1.807, 2.05) is 11.8 Å². The molecule has 1 unspecified atom stereocenters. The second-order valence-electron chi connectivity index (χ2n) is 9.39. The molecular formula is C26H30F3N3O2. The zero-order valence-electron chi connectivity index (χ0n) is 19.5. The number of carbonyl (C=O) groups is 2. The fourth-order valence-electron chi connectivity index (χ4n) is 5.08. The van der Waals surface area contributed by atoms with Crippen LogP contribution in [-0.2, 0) is 11.3 Å². The monoisotopic (exact) mass is 473 g/mol. The molecule has 2 aromatic rings. The van der Waals surface area contributed by atoms with Gasteiger partial charge in [0, 0.05) is 43.8 Å². The van der Waals surface area contributed by atoms with Gasteiger partial charge >= 0.3 is 0 Å². The van der Waals surface area contributed by atoms with Gasteiger partial charge in [-0.1, -0.05) is 18.9 Å². The second kappa shape index (κ2) is 10.2. The summed E-state index contributed by atoms with van der Waals surface area (Å²) in [7, 11) is 0. The first-order valence-corrected chi connectivity index (χ1v) is 11.8. The van der Waals surface area contributed by atoms with Crippen LogP contribution in [0.5, 0.6) is 0 Å². The molecule has 1 saturated carbocycles. The van der Waals surface area contributed by atoms with Gasteiger partial charge in [-0.2, -0.15) is 0 Å². The predicted molar refractivity (Wildman–Crippen MR) is 124 cm³/mol. The molecule has 0 aromatic heterocycles. The quantitative estimate of drug-likeness (QED) is 0.673. The minimum absolute atomic E-state index is 0.0546. The number of halogens is 3. The van der Waals surface area contributed by atoms with Crippen LogP contribution in [0.1, 0.15) is 54.1 Å². The molecule has 2 aliphatic rings. The number of nitrogens with zero attached hydrogens (tertiary/aromatic N) is 2. The van der Waals surface area contributed by atoms with Crippen LogP contribution < -0.4 is 5.32 Å². The molecule has 1 saturated heterocycles. The molecule has 1 aliphatic carbocycles. The van der Waals surface area contributed by atoms with Gasteiger partial charge in [0.1, 0.15) is 23.0 Å². The molecule has 5 nitrogen and oxygen atoms in total. The van der Waals surface area contributed by atoms with E-state index in [0.717, 1.165) is 43.9 Å². The number of anilines is 1. The number of rotatable bonds is 5. The summed E-state index contributed by atoms with van der Waals surface area (Å²) in [6, 6.07) is 5.79. The van der Waals surface area contributed by atoms with E-state index in [0.29, 0.717) is 37.3 Å². The molecule has 2 fully saturated rings. The van der Waals surface area contributed by atoms with Crippen LogP contribution in [0.3, 0.4) is 0 Å². The Morgan fingerprint density at radius 1 is 1.06 bits per heavy atom. The largest absolute Gasteiger partial charge is 0.337 e. The molecule has 34 heavy (non-hydrogen) atoms. The summed E-state index contributed by atoms with van der Waals surface area (Å²) in [5.74, 6) is -3.09. The topological polar surface area (TPSA) is 52.6 Å². The summed E-state index contributed by atoms with van der Waals surface area (Å²) in [6.07, 6.45) is 4.18. The highest BCUT2D eigenvalue weighted by atomic mass is 19.1. The molecule has 8 heteroatoms. The third-order valence-electron chi connectivity index (χ3n) is 7.01. The Morgan fingerprint density at radius 3 is 2.38 bits per heavy atom. The van der Waals surface area contributed by atoms with Gasteiger partial charge in [0.15, 0.2) is 0 Å². The molecule has 0 bridgehead atoms. The van der Waals surface area contributed by atoms with Crippen LogP contribution >= 0.6 is 0 Å². The average Bonchev–Trinajstić information content (AvgIpc) is 3.31. The normalized spacial score (nSPS) is 19.4. The minimum atomic E-state index is -0.981. The van der Waals surface area contributed by atoms with Crippen LogP contribution in [0.15, 0.2) is 30.3 Å². The number of hydrogen-bond acceptors (Lipinski definition) is 3. The lowest BCUT2D eigenvalue weighted by atomic mass is 10.0. The maximum atomic E-state index is 14.4. The number of piperazine rings is 1. The Balaban J connectivity index is 1.45. The van der Waals surface area contributed by atoms with Gasteiger partial charge in [-0.25, -0.2) is 13.2 Å². The highest BCUT2D eigenvalue weighted by Crippen LogP contribution is 2.29. The summed E-state index contributed by atoms with van der Waals surface area (Å²) in [6.45, 7) is 6.17. The summed E-state index contributed by atoms with van der Waals surface area (Å²) < 4.78 is 42.4. The number of amides is 2. The maximum absolute atomic E-state index is 14.4. The van der Waals surface area contributed by atoms with E-state index in [4.69, 9.17) is 0 Å². The van der Waals surface area contributed by atoms with Crippen molar-refractivity contribution in [3.63, 3.8) is 0 Å². The molecule has 2 aromatic carbocycles. The number of carbonyl (C=O) groups excluding carboxylic acids is 2. The smallest absolute Gasteiger partial charge is 0.261 e. The summed E-state index contributed by atoms with van der Waals surface area (Å²) >= 11 is 0. The first kappa shape index (κ1) is 24.3. The fourth-order valence-corrected chi connectivity index (χ4v) is 5.08. The molecule has 4 rings (SSSR count). The molecule has 1 heterocycles. The first-order valence-electron chi connectivity index (χ1n) is 11.8. The Morgan fingerprint density at radius 2 is 1.74 bits per heavy atom. The van der Waals surface area contributed by atoms with Crippen LogP contribution in [0.2, 0.25) is 0 Å². The maximum Gasteiger partial charge on any atom is 0.261 e. The Kier molecular flexibility index (Phi) is 7.26. The zero-order valence-corrected chi connectivity index (χ0v) is 19.5. The van der Waals surface area contributed by atoms with Crippen LogP contribution in [0, 0.1) is 30.3 Å². The number of benzene rings is 2. The summed E-state index contributed by atoms with van der Waals surface area (Å²) in [4.78, 5) is 29.5. The van der Waals surface area contributed by atoms with Gasteiger partial charge in [0.2, 0.25) is 5.91 Å². The minimum Gasteiger partial charge on any atom is -0.337 e. The van der Waals surface area contributed by atoms with Crippen LogP contribution in [0.4, 0.5) is 18.9 Å². The lowest BCUT2D eigenvalue weighted by Crippen LogP contribution is -2.54. The standard InChI is InChI=1S/C26H30F3N3O2/c1-16-14-31(10-11-32(16)26(34)18-6-3-4-7-18)15-19-12-20(27)13-23(17(19)2)30-25(33)24-21(28)8-5-9-22(24)29/h5,8-9,12-13,16,18H,3-4,6-7,10-11,14-15H2,1-2H3,(H,30,33). The van der Waals surface area contributed by atoms with E-state index in [1.54, 1.807) is 6.92 Å². The highest BCUT2D eigenvalue weighted by Gasteiger charge is 2.33. The Hall–Kier alpha value is -2.87. The molecule has 1 aliphatic heterocycles. The van der Waals surface area contributed by atoms with E-state index in [9.17, 15) is 22.8 Å². The van der Waals surface area contributed by atoms with E-state index in [2.05, 4.69) is 10.2 Å². The molecule has 2 amide bonds. The van der Waals surface area contributed by atoms with Gasteiger partial charge in [-0.05, 0) is 62.1 Å². The van der Waals surface area contributed by atoms with Crippen molar-refractivity contribution >= 4 is 17.5 Å². The Bertz CT molecular complexity index is 1060. The highest BCUT2D eigenvalue weighted by molar-refractivity contribution is 6.05. The van der Waals surface area contributed by atoms with Crippen molar-refractivity contribution in [2.45, 2.75) is 52.1 Å². The van der Waals surface area contributed by atoms with Gasteiger partial charge in [0.05, 0.1) is 0 Å².